The van der Waals surface area contributed by atoms with Crippen molar-refractivity contribution in [2.75, 3.05) is 0 Å². The van der Waals surface area contributed by atoms with Crippen LogP contribution in [0.2, 0.25) is 0 Å². The number of nitrogens with zero attached hydrogens (tertiary/aromatic N) is 4. The maximum Gasteiger partial charge on any atom is 0.296 e. The number of H-pyrrole nitrogens is 1. The summed E-state index contributed by atoms with van der Waals surface area (Å²) in [5.74, 6) is -0.181. The molecule has 1 fully saturated rings. The summed E-state index contributed by atoms with van der Waals surface area (Å²) in [7, 11) is 0. The third-order valence-electron chi connectivity index (χ3n) is 7.38. The average Bonchev–Trinajstić information content (AvgIpc) is 3.49. The summed E-state index contributed by atoms with van der Waals surface area (Å²) in [6.07, 6.45) is 7.28. The molecule has 3 N–H and O–H groups in total. The van der Waals surface area contributed by atoms with E-state index in [1.165, 1.54) is 16.8 Å². The number of benzene rings is 1. The van der Waals surface area contributed by atoms with E-state index < -0.39 is 16.8 Å². The zero-order valence-corrected chi connectivity index (χ0v) is 20.2. The molecule has 2 atom stereocenters. The van der Waals surface area contributed by atoms with E-state index in [0.29, 0.717) is 42.8 Å². The minimum atomic E-state index is -0.835. The van der Waals surface area contributed by atoms with Crippen molar-refractivity contribution in [3.8, 4) is 17.3 Å². The Morgan fingerprint density at radius 3 is 2.97 bits per heavy atom. The highest BCUT2D eigenvalue weighted by atomic mass is 19.1. The number of aromatic amines is 1. The number of pyridine rings is 1. The standard InChI is InChI=1S/C27H25FN6O3/c1-15-9-16(4-5-20(15)28)10-19-13-30-23(31-19)21-22(35)25(37)34-14-17-6-7-27(11-17,26(34)32-21)33-24(36)18-3-2-8-29-12-18/h2-5,8-9,12-13,17,35H,6-7,10-11,14H2,1H3,(H,30,31)(H,33,36). The van der Waals surface area contributed by atoms with Crippen LogP contribution in [0.15, 0.2) is 53.7 Å². The molecular formula is C27H25FN6O3. The highest BCUT2D eigenvalue weighted by molar-refractivity contribution is 5.94. The Hall–Kier alpha value is -4.34. The van der Waals surface area contributed by atoms with E-state index >= 15 is 0 Å². The number of hydrogen-bond acceptors (Lipinski definition) is 6. The van der Waals surface area contributed by atoms with Gasteiger partial charge in [0.1, 0.15) is 11.6 Å². The minimum Gasteiger partial charge on any atom is -0.501 e. The molecule has 2 bridgehead atoms. The van der Waals surface area contributed by atoms with Gasteiger partial charge >= 0.3 is 0 Å². The van der Waals surface area contributed by atoms with Crippen molar-refractivity contribution in [3.05, 3.63) is 93.3 Å². The number of nitrogens with one attached hydrogen (secondary N) is 2. The lowest BCUT2D eigenvalue weighted by Crippen LogP contribution is -2.50. The minimum absolute atomic E-state index is 0.0399. The van der Waals surface area contributed by atoms with Crippen molar-refractivity contribution in [3.63, 3.8) is 0 Å². The van der Waals surface area contributed by atoms with Crippen molar-refractivity contribution in [2.45, 2.75) is 44.7 Å². The van der Waals surface area contributed by atoms with Gasteiger partial charge in [-0.25, -0.2) is 14.4 Å². The van der Waals surface area contributed by atoms with Crippen LogP contribution in [0.3, 0.4) is 0 Å². The number of aryl methyl sites for hydroxylation is 1. The number of hydrogen-bond donors (Lipinski definition) is 3. The average molecular weight is 501 g/mol. The lowest BCUT2D eigenvalue weighted by molar-refractivity contribution is 0.0877. The molecule has 188 valence electrons. The van der Waals surface area contributed by atoms with Gasteiger partial charge in [0.05, 0.1) is 11.1 Å². The molecule has 2 aliphatic rings. The van der Waals surface area contributed by atoms with Gasteiger partial charge in [-0.2, -0.15) is 0 Å². The van der Waals surface area contributed by atoms with Crippen LogP contribution in [0, 0.1) is 18.7 Å². The summed E-state index contributed by atoms with van der Waals surface area (Å²) >= 11 is 0. The number of aromatic nitrogens is 5. The predicted octanol–water partition coefficient (Wildman–Crippen LogP) is 3.21. The van der Waals surface area contributed by atoms with Gasteiger partial charge < -0.3 is 15.4 Å². The van der Waals surface area contributed by atoms with E-state index in [1.807, 2.05) is 0 Å². The summed E-state index contributed by atoms with van der Waals surface area (Å²) in [6, 6.07) is 8.27. The molecule has 10 heteroatoms. The quantitative estimate of drug-likeness (QED) is 0.386. The fourth-order valence-electron chi connectivity index (χ4n) is 5.57. The summed E-state index contributed by atoms with van der Waals surface area (Å²) in [4.78, 5) is 42.6. The molecule has 1 aliphatic heterocycles. The Morgan fingerprint density at radius 1 is 1.32 bits per heavy atom. The van der Waals surface area contributed by atoms with Crippen LogP contribution >= 0.6 is 0 Å². The van der Waals surface area contributed by atoms with Crippen LogP contribution in [0.4, 0.5) is 4.39 Å². The van der Waals surface area contributed by atoms with Gasteiger partial charge in [-0.15, -0.1) is 0 Å². The Morgan fingerprint density at radius 2 is 2.19 bits per heavy atom. The van der Waals surface area contributed by atoms with Crippen molar-refractivity contribution >= 4 is 5.91 Å². The lowest BCUT2D eigenvalue weighted by atomic mass is 9.90. The maximum absolute atomic E-state index is 13.6. The third kappa shape index (κ3) is 3.98. The molecule has 37 heavy (non-hydrogen) atoms. The van der Waals surface area contributed by atoms with Gasteiger partial charge in [0.25, 0.3) is 11.5 Å². The fourth-order valence-corrected chi connectivity index (χ4v) is 5.57. The van der Waals surface area contributed by atoms with E-state index in [4.69, 9.17) is 4.98 Å². The molecular weight excluding hydrogens is 475 g/mol. The highest BCUT2D eigenvalue weighted by Crippen LogP contribution is 2.46. The summed E-state index contributed by atoms with van der Waals surface area (Å²) in [5, 5.41) is 13.9. The van der Waals surface area contributed by atoms with E-state index in [9.17, 15) is 19.1 Å². The number of fused-ring (bicyclic) bond motifs is 4. The molecule has 1 saturated carbocycles. The molecule has 6 rings (SSSR count). The van der Waals surface area contributed by atoms with Crippen LogP contribution in [0.1, 0.15) is 52.3 Å². The zero-order valence-electron chi connectivity index (χ0n) is 20.2. The fraction of sp³-hybridized carbons (Fsp3) is 0.296. The van der Waals surface area contributed by atoms with E-state index in [-0.39, 0.29) is 29.2 Å². The van der Waals surface area contributed by atoms with Gasteiger partial charge in [0.15, 0.2) is 11.5 Å². The number of rotatable bonds is 5. The molecule has 0 radical (unpaired) electrons. The number of carbonyl (C=O) groups is 1. The first-order valence-corrected chi connectivity index (χ1v) is 12.2. The topological polar surface area (TPSA) is 126 Å². The second-order valence-electron chi connectivity index (χ2n) is 9.95. The SMILES string of the molecule is Cc1cc(Cc2cnc(-c3nc4n(c(=O)c3O)CC3CCC4(NC(=O)c4cccnc4)C3)[nH]2)ccc1F. The van der Waals surface area contributed by atoms with Crippen molar-refractivity contribution < 1.29 is 14.3 Å². The van der Waals surface area contributed by atoms with Crippen LogP contribution in [0.5, 0.6) is 5.75 Å². The summed E-state index contributed by atoms with van der Waals surface area (Å²) in [6.45, 7) is 2.14. The first-order valence-electron chi connectivity index (χ1n) is 12.2. The van der Waals surface area contributed by atoms with E-state index in [2.05, 4.69) is 20.3 Å². The number of amides is 1. The van der Waals surface area contributed by atoms with Crippen molar-refractivity contribution in [1.29, 1.82) is 0 Å². The Balaban J connectivity index is 1.37. The molecule has 4 heterocycles. The molecule has 1 aliphatic carbocycles. The van der Waals surface area contributed by atoms with E-state index in [0.717, 1.165) is 17.7 Å². The van der Waals surface area contributed by atoms with Crippen molar-refractivity contribution in [2.24, 2.45) is 5.92 Å². The van der Waals surface area contributed by atoms with Crippen LogP contribution in [0.25, 0.3) is 11.5 Å². The second kappa shape index (κ2) is 8.65. The highest BCUT2D eigenvalue weighted by Gasteiger charge is 2.49. The number of imidazole rings is 1. The number of halogens is 1. The summed E-state index contributed by atoms with van der Waals surface area (Å²) in [5.41, 5.74) is 1.24. The molecule has 1 amide bonds. The molecule has 3 aromatic heterocycles. The van der Waals surface area contributed by atoms with Gasteiger partial charge in [-0.05, 0) is 61.4 Å². The zero-order chi connectivity index (χ0) is 25.7. The van der Waals surface area contributed by atoms with Crippen molar-refractivity contribution in [1.82, 2.24) is 29.8 Å². The Kier molecular flexibility index (Phi) is 5.40. The van der Waals surface area contributed by atoms with Gasteiger partial charge in [0.2, 0.25) is 5.75 Å². The monoisotopic (exact) mass is 500 g/mol. The van der Waals surface area contributed by atoms with Crippen LogP contribution < -0.4 is 10.9 Å². The maximum atomic E-state index is 13.6. The largest absolute Gasteiger partial charge is 0.501 e. The number of aromatic hydroxyl groups is 1. The molecule has 9 nitrogen and oxygen atoms in total. The predicted molar refractivity (Wildman–Crippen MR) is 132 cm³/mol. The lowest BCUT2D eigenvalue weighted by Gasteiger charge is -2.36. The second-order valence-corrected chi connectivity index (χ2v) is 9.95. The summed E-state index contributed by atoms with van der Waals surface area (Å²) < 4.78 is 15.1. The smallest absolute Gasteiger partial charge is 0.296 e. The molecule has 0 spiro atoms. The van der Waals surface area contributed by atoms with Gasteiger partial charge in [0, 0.05) is 37.3 Å². The molecule has 4 aromatic rings. The Bertz CT molecular complexity index is 1580. The van der Waals surface area contributed by atoms with Gasteiger partial charge in [-0.1, -0.05) is 12.1 Å². The van der Waals surface area contributed by atoms with E-state index in [1.54, 1.807) is 43.6 Å². The molecule has 0 saturated heterocycles. The molecule has 1 aromatic carbocycles. The van der Waals surface area contributed by atoms with Crippen LogP contribution in [-0.4, -0.2) is 35.5 Å². The number of carbonyl (C=O) groups excluding carboxylic acids is 1. The normalized spacial score (nSPS) is 20.0. The molecule has 2 unspecified atom stereocenters. The van der Waals surface area contributed by atoms with Crippen LogP contribution in [-0.2, 0) is 18.5 Å². The van der Waals surface area contributed by atoms with Gasteiger partial charge in [-0.3, -0.25) is 19.1 Å². The third-order valence-corrected chi connectivity index (χ3v) is 7.38. The Labute approximate surface area is 211 Å². The first kappa shape index (κ1) is 23.1. The first-order chi connectivity index (χ1) is 17.8.